The molecule has 18 heavy (non-hydrogen) atoms. The van der Waals surface area contributed by atoms with Crippen molar-refractivity contribution in [2.45, 2.75) is 20.8 Å². The van der Waals surface area contributed by atoms with Crippen molar-refractivity contribution in [2.75, 3.05) is 0 Å². The Morgan fingerprint density at radius 3 is 2.00 bits per heavy atom. The Morgan fingerprint density at radius 1 is 0.833 bits per heavy atom. The fourth-order valence-electron chi connectivity index (χ4n) is 2.17. The molecule has 2 nitrogen and oxygen atoms in total. The van der Waals surface area contributed by atoms with E-state index in [0.29, 0.717) is 11.1 Å². The summed E-state index contributed by atoms with van der Waals surface area (Å²) < 4.78 is 0.931. The minimum atomic E-state index is -0.341. The number of Topliss-reactive ketones (excluding diaryl/α,β-unsaturated/α-hetero) is 2. The van der Waals surface area contributed by atoms with Crippen LogP contribution in [-0.2, 0) is 0 Å². The van der Waals surface area contributed by atoms with Gasteiger partial charge in [0, 0.05) is 18.9 Å². The number of hydrogen-bond acceptors (Lipinski definition) is 4. The van der Waals surface area contributed by atoms with E-state index in [4.69, 9.17) is 0 Å². The molecule has 2 heterocycles. The molecule has 0 fully saturated rings. The van der Waals surface area contributed by atoms with Crippen LogP contribution in [0.25, 0.3) is 9.75 Å². The van der Waals surface area contributed by atoms with Crippen LogP contribution >= 0.6 is 45.3 Å². The van der Waals surface area contributed by atoms with E-state index in [2.05, 4.69) is 22.6 Å². The fraction of sp³-hybridized carbons (Fsp3) is 0.231. The molecule has 2 aromatic rings. The van der Waals surface area contributed by atoms with E-state index in [9.17, 15) is 9.59 Å². The zero-order valence-electron chi connectivity index (χ0n) is 10.0. The number of thiophene rings is 2. The van der Waals surface area contributed by atoms with Crippen molar-refractivity contribution >= 4 is 56.8 Å². The van der Waals surface area contributed by atoms with Gasteiger partial charge in [-0.25, -0.2) is 0 Å². The molecule has 0 aromatic carbocycles. The number of ketones is 2. The molecule has 0 saturated heterocycles. The summed E-state index contributed by atoms with van der Waals surface area (Å²) in [5.74, 6) is -0.679. The molecule has 2 aromatic heterocycles. The maximum absolute atomic E-state index is 12.2. The second-order valence-electron chi connectivity index (χ2n) is 4.32. The van der Waals surface area contributed by atoms with Gasteiger partial charge in [-0.2, -0.15) is 0 Å². The quantitative estimate of drug-likeness (QED) is 0.496. The normalized spacial score (nSPS) is 13.8. The highest BCUT2D eigenvalue weighted by molar-refractivity contribution is 14.1. The van der Waals surface area contributed by atoms with E-state index < -0.39 is 0 Å². The predicted octanol–water partition coefficient (Wildman–Crippen LogP) is 4.39. The van der Waals surface area contributed by atoms with Crippen LogP contribution in [0, 0.1) is 24.3 Å². The zero-order valence-corrected chi connectivity index (χ0v) is 13.8. The monoisotopic (exact) mass is 388 g/mol. The molecule has 0 radical (unpaired) electrons. The standard InChI is InChI=1S/C13H9IO2S2/c1-4-5(2)17-12-7(4)10(15)11(16)8-9(14)6(3)18-13(8)12/h1-3H3. The van der Waals surface area contributed by atoms with E-state index in [0.717, 1.165) is 28.6 Å². The minimum Gasteiger partial charge on any atom is -0.285 e. The second kappa shape index (κ2) is 3.98. The highest BCUT2D eigenvalue weighted by Gasteiger charge is 2.37. The van der Waals surface area contributed by atoms with Crippen molar-refractivity contribution in [1.82, 2.24) is 0 Å². The summed E-state index contributed by atoms with van der Waals surface area (Å²) in [6.07, 6.45) is 0. The average Bonchev–Trinajstić information content (AvgIpc) is 2.77. The average molecular weight is 388 g/mol. The highest BCUT2D eigenvalue weighted by Crippen LogP contribution is 2.47. The SMILES string of the molecule is Cc1sc2c(c1C)C(=O)C(=O)c1c-2sc(C)c1I. The van der Waals surface area contributed by atoms with Gasteiger partial charge >= 0.3 is 0 Å². The smallest absolute Gasteiger partial charge is 0.236 e. The van der Waals surface area contributed by atoms with Crippen LogP contribution in [0.5, 0.6) is 0 Å². The lowest BCUT2D eigenvalue weighted by molar-refractivity contribution is 0.0815. The summed E-state index contributed by atoms with van der Waals surface area (Å²) in [5.41, 5.74) is 2.21. The first-order valence-corrected chi connectivity index (χ1v) is 8.13. The van der Waals surface area contributed by atoms with Crippen molar-refractivity contribution < 1.29 is 9.59 Å². The molecular weight excluding hydrogens is 379 g/mol. The molecule has 0 unspecified atom stereocenters. The molecule has 0 bridgehead atoms. The molecule has 92 valence electrons. The van der Waals surface area contributed by atoms with E-state index in [1.807, 2.05) is 20.8 Å². The number of aryl methyl sites for hydroxylation is 2. The summed E-state index contributed by atoms with van der Waals surface area (Å²) in [5, 5.41) is 0. The number of carbonyl (C=O) groups excluding carboxylic acids is 2. The summed E-state index contributed by atoms with van der Waals surface area (Å²) in [6.45, 7) is 5.92. The molecule has 0 N–H and O–H groups in total. The lowest BCUT2D eigenvalue weighted by Gasteiger charge is -2.11. The Bertz CT molecular complexity index is 660. The Labute approximate surface area is 126 Å². The van der Waals surface area contributed by atoms with Crippen molar-refractivity contribution in [3.8, 4) is 9.75 Å². The number of hydrogen-bond donors (Lipinski definition) is 0. The molecule has 0 atom stereocenters. The Morgan fingerprint density at radius 2 is 1.33 bits per heavy atom. The lowest BCUT2D eigenvalue weighted by atomic mass is 9.92. The topological polar surface area (TPSA) is 34.1 Å². The molecule has 1 aliphatic carbocycles. The Balaban J connectivity index is 2.46. The lowest BCUT2D eigenvalue weighted by Crippen LogP contribution is -2.20. The van der Waals surface area contributed by atoms with Gasteiger partial charge in [0.1, 0.15) is 0 Å². The predicted molar refractivity (Wildman–Crippen MR) is 83.2 cm³/mol. The third kappa shape index (κ3) is 1.44. The van der Waals surface area contributed by atoms with Crippen LogP contribution in [0.1, 0.15) is 36.0 Å². The number of fused-ring (bicyclic) bond motifs is 3. The third-order valence-electron chi connectivity index (χ3n) is 3.26. The first-order chi connectivity index (χ1) is 8.43. The van der Waals surface area contributed by atoms with Gasteiger partial charge in [-0.05, 0) is 48.9 Å². The summed E-state index contributed by atoms with van der Waals surface area (Å²) in [4.78, 5) is 28.7. The molecule has 0 amide bonds. The van der Waals surface area contributed by atoms with Gasteiger partial charge in [-0.3, -0.25) is 9.59 Å². The first kappa shape index (κ1) is 12.5. The minimum absolute atomic E-state index is 0.338. The summed E-state index contributed by atoms with van der Waals surface area (Å²) in [7, 11) is 0. The zero-order chi connectivity index (χ0) is 13.2. The Hall–Kier alpha value is -0.530. The van der Waals surface area contributed by atoms with Crippen molar-refractivity contribution in [3.05, 3.63) is 30.0 Å². The molecule has 0 saturated carbocycles. The summed E-state index contributed by atoms with van der Waals surface area (Å²) >= 11 is 5.40. The Kier molecular flexibility index (Phi) is 2.76. The van der Waals surface area contributed by atoms with Crippen LogP contribution < -0.4 is 0 Å². The van der Waals surface area contributed by atoms with Crippen LogP contribution in [0.4, 0.5) is 0 Å². The maximum Gasteiger partial charge on any atom is 0.236 e. The molecule has 0 aliphatic heterocycles. The highest BCUT2D eigenvalue weighted by atomic mass is 127. The molecule has 3 rings (SSSR count). The van der Waals surface area contributed by atoms with Crippen LogP contribution in [0.3, 0.4) is 0 Å². The van der Waals surface area contributed by atoms with Crippen molar-refractivity contribution in [3.63, 3.8) is 0 Å². The number of halogens is 1. The van der Waals surface area contributed by atoms with Crippen LogP contribution in [-0.4, -0.2) is 11.6 Å². The largest absolute Gasteiger partial charge is 0.285 e. The van der Waals surface area contributed by atoms with Gasteiger partial charge in [-0.15, -0.1) is 22.7 Å². The molecule has 0 spiro atoms. The van der Waals surface area contributed by atoms with E-state index >= 15 is 0 Å². The van der Waals surface area contributed by atoms with Gasteiger partial charge in [0.15, 0.2) is 0 Å². The van der Waals surface area contributed by atoms with E-state index in [1.165, 1.54) is 0 Å². The van der Waals surface area contributed by atoms with Gasteiger partial charge < -0.3 is 0 Å². The number of rotatable bonds is 0. The molecular formula is C13H9IO2S2. The van der Waals surface area contributed by atoms with E-state index in [-0.39, 0.29) is 11.6 Å². The van der Waals surface area contributed by atoms with Crippen LogP contribution in [0.2, 0.25) is 0 Å². The van der Waals surface area contributed by atoms with Gasteiger partial charge in [0.2, 0.25) is 11.6 Å². The van der Waals surface area contributed by atoms with Crippen molar-refractivity contribution in [2.24, 2.45) is 0 Å². The van der Waals surface area contributed by atoms with Crippen LogP contribution in [0.15, 0.2) is 0 Å². The molecule has 5 heteroatoms. The third-order valence-corrected chi connectivity index (χ3v) is 7.45. The fourth-order valence-corrected chi connectivity index (χ4v) is 5.55. The number of carbonyl (C=O) groups is 2. The maximum atomic E-state index is 12.2. The van der Waals surface area contributed by atoms with Crippen molar-refractivity contribution in [1.29, 1.82) is 0 Å². The second-order valence-corrected chi connectivity index (χ2v) is 7.85. The first-order valence-electron chi connectivity index (χ1n) is 5.41. The van der Waals surface area contributed by atoms with Gasteiger partial charge in [-0.1, -0.05) is 0 Å². The van der Waals surface area contributed by atoms with E-state index in [1.54, 1.807) is 22.7 Å². The van der Waals surface area contributed by atoms with Gasteiger partial charge in [0.25, 0.3) is 0 Å². The summed E-state index contributed by atoms with van der Waals surface area (Å²) in [6, 6.07) is 0. The van der Waals surface area contributed by atoms with Gasteiger partial charge in [0.05, 0.1) is 15.3 Å². The molecule has 1 aliphatic rings.